The highest BCUT2D eigenvalue weighted by molar-refractivity contribution is 5.60. The van der Waals surface area contributed by atoms with Gasteiger partial charge in [-0.2, -0.15) is 0 Å². The Morgan fingerprint density at radius 3 is 1.08 bits per heavy atom. The SMILES string of the molecule is c1ccc(-c2ccc(NCCCCCCCCCCCCNc3ccc(-c4ccccc4)nn3)nn2)cc1. The van der Waals surface area contributed by atoms with Gasteiger partial charge in [-0.3, -0.25) is 0 Å². The minimum Gasteiger partial charge on any atom is -0.369 e. The predicted octanol–water partition coefficient (Wildman–Crippen LogP) is 8.03. The fraction of sp³-hybridized carbons (Fsp3) is 0.375. The Balaban J connectivity index is 0.935. The van der Waals surface area contributed by atoms with Crippen LogP contribution < -0.4 is 10.6 Å². The van der Waals surface area contributed by atoms with Crippen molar-refractivity contribution in [2.24, 2.45) is 0 Å². The van der Waals surface area contributed by atoms with E-state index in [1.165, 1.54) is 64.2 Å². The van der Waals surface area contributed by atoms with E-state index in [2.05, 4.69) is 55.3 Å². The van der Waals surface area contributed by atoms with E-state index in [0.717, 1.165) is 47.2 Å². The molecule has 2 aromatic heterocycles. The van der Waals surface area contributed by atoms with Crippen LogP contribution in [0.4, 0.5) is 11.6 Å². The zero-order valence-electron chi connectivity index (χ0n) is 22.4. The Morgan fingerprint density at radius 2 is 0.737 bits per heavy atom. The zero-order valence-corrected chi connectivity index (χ0v) is 22.4. The van der Waals surface area contributed by atoms with Crippen LogP contribution in [0.1, 0.15) is 64.2 Å². The number of hydrogen-bond donors (Lipinski definition) is 2. The second-order valence-electron chi connectivity index (χ2n) is 9.73. The molecule has 4 aromatic rings. The first-order valence-electron chi connectivity index (χ1n) is 14.1. The van der Waals surface area contributed by atoms with Crippen molar-refractivity contribution < 1.29 is 0 Å². The van der Waals surface area contributed by atoms with Gasteiger partial charge in [0.2, 0.25) is 0 Å². The molecule has 2 aromatic carbocycles. The molecule has 0 aliphatic heterocycles. The number of benzene rings is 2. The number of aromatic nitrogens is 4. The monoisotopic (exact) mass is 508 g/mol. The van der Waals surface area contributed by atoms with Crippen LogP contribution in [0.25, 0.3) is 22.5 Å². The van der Waals surface area contributed by atoms with E-state index in [9.17, 15) is 0 Å². The summed E-state index contributed by atoms with van der Waals surface area (Å²) >= 11 is 0. The van der Waals surface area contributed by atoms with Gasteiger partial charge in [0.25, 0.3) is 0 Å². The third kappa shape index (κ3) is 9.58. The van der Waals surface area contributed by atoms with Crippen LogP contribution in [0, 0.1) is 0 Å². The molecule has 38 heavy (non-hydrogen) atoms. The molecule has 0 saturated carbocycles. The maximum Gasteiger partial charge on any atom is 0.148 e. The summed E-state index contributed by atoms with van der Waals surface area (Å²) in [5, 5.41) is 24.1. The van der Waals surface area contributed by atoms with Crippen molar-refractivity contribution in [1.82, 2.24) is 20.4 Å². The molecule has 0 unspecified atom stereocenters. The Hall–Kier alpha value is -3.80. The molecule has 0 spiro atoms. The van der Waals surface area contributed by atoms with E-state index in [1.807, 2.05) is 60.7 Å². The summed E-state index contributed by atoms with van der Waals surface area (Å²) in [6, 6.07) is 28.4. The largest absolute Gasteiger partial charge is 0.369 e. The highest BCUT2D eigenvalue weighted by Gasteiger charge is 2.02. The van der Waals surface area contributed by atoms with E-state index in [-0.39, 0.29) is 0 Å². The minimum absolute atomic E-state index is 0.855. The molecule has 0 atom stereocenters. The molecule has 6 nitrogen and oxygen atoms in total. The summed E-state index contributed by atoms with van der Waals surface area (Å²) < 4.78 is 0. The summed E-state index contributed by atoms with van der Waals surface area (Å²) in [5.41, 5.74) is 4.01. The summed E-state index contributed by atoms with van der Waals surface area (Å²) in [4.78, 5) is 0. The second kappa shape index (κ2) is 16.1. The Morgan fingerprint density at radius 1 is 0.368 bits per heavy atom. The van der Waals surface area contributed by atoms with Crippen LogP contribution in [0.5, 0.6) is 0 Å². The number of hydrogen-bond acceptors (Lipinski definition) is 6. The van der Waals surface area contributed by atoms with Crippen LogP contribution >= 0.6 is 0 Å². The summed E-state index contributed by atoms with van der Waals surface area (Å²) in [7, 11) is 0. The fourth-order valence-electron chi connectivity index (χ4n) is 4.48. The van der Waals surface area contributed by atoms with E-state index in [4.69, 9.17) is 0 Å². The quantitative estimate of drug-likeness (QED) is 0.141. The van der Waals surface area contributed by atoms with Crippen molar-refractivity contribution in [3.8, 4) is 22.5 Å². The molecule has 0 aliphatic rings. The van der Waals surface area contributed by atoms with E-state index in [1.54, 1.807) is 0 Å². The molecule has 2 N–H and O–H groups in total. The molecule has 0 aliphatic carbocycles. The lowest BCUT2D eigenvalue weighted by atomic mass is 10.1. The fourth-order valence-corrected chi connectivity index (χ4v) is 4.48. The smallest absolute Gasteiger partial charge is 0.148 e. The maximum absolute atomic E-state index is 4.33. The number of rotatable bonds is 17. The van der Waals surface area contributed by atoms with Crippen molar-refractivity contribution in [3.05, 3.63) is 84.9 Å². The molecule has 2 heterocycles. The summed E-state index contributed by atoms with van der Waals surface area (Å²) in [6.45, 7) is 1.91. The van der Waals surface area contributed by atoms with Gasteiger partial charge in [-0.15, -0.1) is 20.4 Å². The topological polar surface area (TPSA) is 75.6 Å². The first kappa shape index (κ1) is 27.2. The van der Waals surface area contributed by atoms with Gasteiger partial charge >= 0.3 is 0 Å². The molecule has 198 valence electrons. The first-order valence-corrected chi connectivity index (χ1v) is 14.1. The molecule has 0 fully saturated rings. The zero-order chi connectivity index (χ0) is 26.1. The van der Waals surface area contributed by atoms with Gasteiger partial charge in [0.05, 0.1) is 11.4 Å². The molecule has 0 radical (unpaired) electrons. The van der Waals surface area contributed by atoms with Gasteiger partial charge in [0, 0.05) is 24.2 Å². The minimum atomic E-state index is 0.855. The van der Waals surface area contributed by atoms with Gasteiger partial charge in [-0.05, 0) is 37.1 Å². The number of nitrogens with one attached hydrogen (secondary N) is 2. The van der Waals surface area contributed by atoms with E-state index < -0.39 is 0 Å². The van der Waals surface area contributed by atoms with Gasteiger partial charge in [0.1, 0.15) is 11.6 Å². The first-order chi connectivity index (χ1) is 18.9. The Kier molecular flexibility index (Phi) is 11.6. The molecule has 0 amide bonds. The number of nitrogens with zero attached hydrogens (tertiary/aromatic N) is 4. The molecule has 6 heteroatoms. The van der Waals surface area contributed by atoms with E-state index in [0.29, 0.717) is 0 Å². The third-order valence-corrected chi connectivity index (χ3v) is 6.68. The van der Waals surface area contributed by atoms with Gasteiger partial charge in [-0.25, -0.2) is 0 Å². The lowest BCUT2D eigenvalue weighted by Gasteiger charge is -2.07. The predicted molar refractivity (Wildman–Crippen MR) is 158 cm³/mol. The van der Waals surface area contributed by atoms with E-state index >= 15 is 0 Å². The lowest BCUT2D eigenvalue weighted by Crippen LogP contribution is -2.04. The average Bonchev–Trinajstić information content (AvgIpc) is 2.99. The van der Waals surface area contributed by atoms with Crippen LogP contribution in [0.2, 0.25) is 0 Å². The normalized spacial score (nSPS) is 10.8. The molecule has 0 saturated heterocycles. The standard InChI is InChI=1S/C32H40N6/c1(3-5-7-15-25-33-31-23-21-29(35-37-31)27-17-11-9-12-18-27)2-4-6-8-16-26-34-32-24-22-30(36-38-32)28-19-13-10-14-20-28/h9-14,17-24H,1-8,15-16,25-26H2,(H,33,37)(H,34,38). The summed E-state index contributed by atoms with van der Waals surface area (Å²) in [6.07, 6.45) is 12.9. The lowest BCUT2D eigenvalue weighted by molar-refractivity contribution is 0.557. The van der Waals surface area contributed by atoms with Gasteiger partial charge < -0.3 is 10.6 Å². The Labute approximate surface area is 227 Å². The van der Waals surface area contributed by atoms with Crippen LogP contribution in [-0.4, -0.2) is 33.5 Å². The highest BCUT2D eigenvalue weighted by atomic mass is 15.2. The van der Waals surface area contributed by atoms with Crippen molar-refractivity contribution >= 4 is 11.6 Å². The maximum atomic E-state index is 4.33. The van der Waals surface area contributed by atoms with Crippen molar-refractivity contribution in [2.75, 3.05) is 23.7 Å². The van der Waals surface area contributed by atoms with Gasteiger partial charge in [-0.1, -0.05) is 112 Å². The van der Waals surface area contributed by atoms with Crippen LogP contribution in [0.15, 0.2) is 84.9 Å². The van der Waals surface area contributed by atoms with Crippen LogP contribution in [0.3, 0.4) is 0 Å². The number of unbranched alkanes of at least 4 members (excludes halogenated alkanes) is 9. The second-order valence-corrected chi connectivity index (χ2v) is 9.73. The molecule has 0 bridgehead atoms. The summed E-state index contributed by atoms with van der Waals surface area (Å²) in [5.74, 6) is 1.71. The van der Waals surface area contributed by atoms with Gasteiger partial charge in [0.15, 0.2) is 0 Å². The average molecular weight is 509 g/mol. The highest BCUT2D eigenvalue weighted by Crippen LogP contribution is 2.18. The molecule has 4 rings (SSSR count). The molecular weight excluding hydrogens is 468 g/mol. The van der Waals surface area contributed by atoms with Crippen molar-refractivity contribution in [3.63, 3.8) is 0 Å². The Bertz CT molecular complexity index is 1050. The van der Waals surface area contributed by atoms with Crippen molar-refractivity contribution in [1.29, 1.82) is 0 Å². The van der Waals surface area contributed by atoms with Crippen molar-refractivity contribution in [2.45, 2.75) is 64.2 Å². The third-order valence-electron chi connectivity index (χ3n) is 6.68. The molecular formula is C32H40N6. The van der Waals surface area contributed by atoms with Crippen LogP contribution in [-0.2, 0) is 0 Å². The number of anilines is 2.